The van der Waals surface area contributed by atoms with Crippen molar-refractivity contribution in [2.24, 2.45) is 5.73 Å². The van der Waals surface area contributed by atoms with Crippen molar-refractivity contribution in [1.29, 1.82) is 0 Å². The minimum atomic E-state index is -0.965. The Labute approximate surface area is 193 Å². The third-order valence-corrected chi connectivity index (χ3v) is 5.85. The smallest absolute Gasteiger partial charge is 0.314 e. The van der Waals surface area contributed by atoms with Crippen molar-refractivity contribution in [3.63, 3.8) is 0 Å². The second-order valence-corrected chi connectivity index (χ2v) is 7.93. The zero-order valence-electron chi connectivity index (χ0n) is 18.4. The molecule has 1 fully saturated rings. The third kappa shape index (κ3) is 4.85. The van der Waals surface area contributed by atoms with Crippen LogP contribution in [0.1, 0.15) is 23.1 Å². The highest BCUT2D eigenvalue weighted by atomic mass is 16.6. The van der Waals surface area contributed by atoms with Gasteiger partial charge in [-0.3, -0.25) is 0 Å². The topological polar surface area (TPSA) is 103 Å². The van der Waals surface area contributed by atoms with Crippen LogP contribution in [0.2, 0.25) is 0 Å². The van der Waals surface area contributed by atoms with Crippen LogP contribution in [-0.4, -0.2) is 43.3 Å². The molecule has 0 bridgehead atoms. The molecule has 4 N–H and O–H groups in total. The van der Waals surface area contributed by atoms with Crippen molar-refractivity contribution < 1.29 is 24.1 Å². The number of methoxy groups -OCH3 is 1. The number of rotatable bonds is 8. The molecule has 0 aromatic heterocycles. The summed E-state index contributed by atoms with van der Waals surface area (Å²) in [5.41, 5.74) is 7.00. The van der Waals surface area contributed by atoms with Gasteiger partial charge >= 0.3 is 6.03 Å². The number of hydrogen-bond acceptors (Lipinski definition) is 5. The molecule has 3 aromatic rings. The maximum Gasteiger partial charge on any atom is 0.314 e. The van der Waals surface area contributed by atoms with E-state index >= 15 is 0 Å². The van der Waals surface area contributed by atoms with Gasteiger partial charge in [0, 0.05) is 6.42 Å². The highest BCUT2D eigenvalue weighted by molar-refractivity contribution is 5.71. The summed E-state index contributed by atoms with van der Waals surface area (Å²) in [4.78, 5) is 11.2. The normalized spacial score (nSPS) is 20.4. The Morgan fingerprint density at radius 3 is 2.06 bits per heavy atom. The number of carbonyl (C=O) groups excluding carboxylic acids is 1. The van der Waals surface area contributed by atoms with Gasteiger partial charge in [0.1, 0.15) is 23.7 Å². The van der Waals surface area contributed by atoms with Gasteiger partial charge in [-0.1, -0.05) is 72.8 Å². The van der Waals surface area contributed by atoms with Crippen molar-refractivity contribution in [3.8, 4) is 5.75 Å². The Balaban J connectivity index is 1.74. The van der Waals surface area contributed by atoms with Crippen LogP contribution in [0.25, 0.3) is 0 Å². The van der Waals surface area contributed by atoms with Crippen LogP contribution < -0.4 is 15.8 Å². The van der Waals surface area contributed by atoms with E-state index in [1.807, 2.05) is 84.9 Å². The molecule has 3 atom stereocenters. The Morgan fingerprint density at radius 1 is 1.00 bits per heavy atom. The predicted molar refractivity (Wildman–Crippen MR) is 124 cm³/mol. The molecule has 0 saturated carbocycles. The summed E-state index contributed by atoms with van der Waals surface area (Å²) in [6.07, 6.45) is -1.85. The van der Waals surface area contributed by atoms with Gasteiger partial charge in [0.25, 0.3) is 0 Å². The Bertz CT molecular complexity index is 1000. The summed E-state index contributed by atoms with van der Waals surface area (Å²) < 4.78 is 17.9. The van der Waals surface area contributed by atoms with Gasteiger partial charge in [0.2, 0.25) is 0 Å². The lowest BCUT2D eigenvalue weighted by Crippen LogP contribution is -2.40. The van der Waals surface area contributed by atoms with Crippen molar-refractivity contribution >= 4 is 6.03 Å². The Morgan fingerprint density at radius 2 is 1.55 bits per heavy atom. The van der Waals surface area contributed by atoms with Crippen molar-refractivity contribution in [2.45, 2.75) is 30.5 Å². The highest BCUT2D eigenvalue weighted by Crippen LogP contribution is 2.41. The van der Waals surface area contributed by atoms with Gasteiger partial charge in [-0.15, -0.1) is 0 Å². The molecule has 0 aliphatic carbocycles. The molecule has 0 spiro atoms. The number of benzene rings is 3. The summed E-state index contributed by atoms with van der Waals surface area (Å²) in [7, 11) is 1.63. The van der Waals surface area contributed by atoms with Crippen LogP contribution in [0.15, 0.2) is 84.9 Å². The molecule has 0 radical (unpaired) electrons. The average molecular weight is 449 g/mol. The van der Waals surface area contributed by atoms with Gasteiger partial charge in [0.05, 0.1) is 19.8 Å². The zero-order valence-corrected chi connectivity index (χ0v) is 18.4. The van der Waals surface area contributed by atoms with Crippen LogP contribution in [0.3, 0.4) is 0 Å². The molecule has 7 heteroatoms. The van der Waals surface area contributed by atoms with Crippen molar-refractivity contribution in [2.75, 3.05) is 13.7 Å². The Hall–Kier alpha value is -3.39. The van der Waals surface area contributed by atoms with Gasteiger partial charge in [-0.2, -0.15) is 0 Å². The molecule has 172 valence electrons. The van der Waals surface area contributed by atoms with E-state index in [0.717, 1.165) is 22.4 Å². The fourth-order valence-corrected chi connectivity index (χ4v) is 4.26. The molecule has 1 saturated heterocycles. The molecule has 1 aliphatic heterocycles. The fourth-order valence-electron chi connectivity index (χ4n) is 4.26. The second kappa shape index (κ2) is 10.0. The Kier molecular flexibility index (Phi) is 6.93. The van der Waals surface area contributed by atoms with Crippen LogP contribution in [0.4, 0.5) is 4.79 Å². The van der Waals surface area contributed by atoms with E-state index in [1.54, 1.807) is 7.11 Å². The minimum absolute atomic E-state index is 0.0912. The number of nitrogens with one attached hydrogen (secondary N) is 1. The van der Waals surface area contributed by atoms with Crippen LogP contribution in [0, 0.1) is 0 Å². The van der Waals surface area contributed by atoms with Gasteiger partial charge in [-0.25, -0.2) is 4.79 Å². The van der Waals surface area contributed by atoms with E-state index < -0.39 is 30.1 Å². The molecule has 3 aromatic carbocycles. The largest absolute Gasteiger partial charge is 0.497 e. The van der Waals surface area contributed by atoms with Crippen molar-refractivity contribution in [1.82, 2.24) is 5.32 Å². The SMILES string of the molecule is COc1ccc(C(OC[C@H]2OC(NC(N)=O)C[C@@H]2O)(c2ccccc2)c2ccccc2)cc1. The molecule has 4 rings (SSSR count). The first-order valence-electron chi connectivity index (χ1n) is 10.8. The lowest BCUT2D eigenvalue weighted by Gasteiger charge is -2.37. The molecule has 1 aliphatic rings. The fraction of sp³-hybridized carbons (Fsp3) is 0.269. The number of primary amides is 1. The van der Waals surface area contributed by atoms with E-state index in [4.69, 9.17) is 19.9 Å². The predicted octanol–water partition coefficient (Wildman–Crippen LogP) is 3.15. The number of amides is 2. The molecule has 33 heavy (non-hydrogen) atoms. The van der Waals surface area contributed by atoms with E-state index in [0.29, 0.717) is 0 Å². The maximum atomic E-state index is 11.2. The number of aliphatic hydroxyl groups excluding tert-OH is 1. The molecule has 1 unspecified atom stereocenters. The number of ether oxygens (including phenoxy) is 3. The summed E-state index contributed by atoms with van der Waals surface area (Å²) in [6, 6.07) is 26.9. The lowest BCUT2D eigenvalue weighted by molar-refractivity contribution is -0.0845. The second-order valence-electron chi connectivity index (χ2n) is 7.93. The van der Waals surface area contributed by atoms with Crippen molar-refractivity contribution in [3.05, 3.63) is 102 Å². The minimum Gasteiger partial charge on any atom is -0.497 e. The number of carbonyl (C=O) groups is 1. The molecule has 1 heterocycles. The molecular weight excluding hydrogens is 420 g/mol. The van der Waals surface area contributed by atoms with E-state index in [-0.39, 0.29) is 13.0 Å². The first-order chi connectivity index (χ1) is 16.0. The zero-order chi connectivity index (χ0) is 23.3. The molecular formula is C26H28N2O5. The number of urea groups is 1. The number of aliphatic hydroxyl groups is 1. The quantitative estimate of drug-likeness (QED) is 0.460. The summed E-state index contributed by atoms with van der Waals surface area (Å²) in [5.74, 6) is 0.740. The highest BCUT2D eigenvalue weighted by Gasteiger charge is 2.41. The summed E-state index contributed by atoms with van der Waals surface area (Å²) >= 11 is 0. The monoisotopic (exact) mass is 448 g/mol. The van der Waals surface area contributed by atoms with Gasteiger partial charge in [-0.05, 0) is 28.8 Å². The molecule has 7 nitrogen and oxygen atoms in total. The van der Waals surface area contributed by atoms with E-state index in [2.05, 4.69) is 5.32 Å². The third-order valence-electron chi connectivity index (χ3n) is 5.85. The molecule has 2 amide bonds. The number of nitrogens with two attached hydrogens (primary N) is 1. The lowest BCUT2D eigenvalue weighted by atomic mass is 9.80. The first kappa shape index (κ1) is 22.8. The van der Waals surface area contributed by atoms with Crippen LogP contribution >= 0.6 is 0 Å². The van der Waals surface area contributed by atoms with Gasteiger partial charge < -0.3 is 30.4 Å². The number of hydrogen-bond donors (Lipinski definition) is 3. The van der Waals surface area contributed by atoms with E-state index in [1.165, 1.54) is 0 Å². The standard InChI is InChI=1S/C26H28N2O5/c1-31-21-14-12-20(13-15-21)26(18-8-4-2-5-9-18,19-10-6-3-7-11-19)32-17-23-22(29)16-24(33-23)28-25(27)30/h2-15,22-24,29H,16-17H2,1H3,(H3,27,28,30)/t22-,23+,24?/m0/s1. The van der Waals surface area contributed by atoms with E-state index in [9.17, 15) is 9.90 Å². The van der Waals surface area contributed by atoms with Gasteiger partial charge in [0.15, 0.2) is 0 Å². The summed E-state index contributed by atoms with van der Waals surface area (Å²) in [5, 5.41) is 13.0. The first-order valence-corrected chi connectivity index (χ1v) is 10.8. The summed E-state index contributed by atoms with van der Waals surface area (Å²) in [6.45, 7) is 0.0912. The maximum absolute atomic E-state index is 11.2. The van der Waals surface area contributed by atoms with Crippen LogP contribution in [-0.2, 0) is 15.1 Å². The van der Waals surface area contributed by atoms with Crippen LogP contribution in [0.5, 0.6) is 5.75 Å². The average Bonchev–Trinajstić information content (AvgIpc) is 3.19.